The molecule has 152 valence electrons. The number of aliphatic imine (C=N–C) groups is 1. The second-order valence-electron chi connectivity index (χ2n) is 6.86. The van der Waals surface area contributed by atoms with Gasteiger partial charge in [-0.05, 0) is 65.3 Å². The van der Waals surface area contributed by atoms with Crippen LogP contribution in [0.15, 0.2) is 58.2 Å². The third-order valence-electron chi connectivity index (χ3n) is 5.07. The van der Waals surface area contributed by atoms with Crippen LogP contribution in [-0.4, -0.2) is 29.6 Å². The summed E-state index contributed by atoms with van der Waals surface area (Å²) in [5.41, 5.74) is 1.99. The number of fused-ring (bicyclic) bond motifs is 2. The van der Waals surface area contributed by atoms with Crippen molar-refractivity contribution in [2.75, 3.05) is 18.5 Å². The molecule has 9 heteroatoms. The smallest absolute Gasteiger partial charge is 0.385 e. The molecule has 0 aliphatic carbocycles. The van der Waals surface area contributed by atoms with Gasteiger partial charge < -0.3 is 9.64 Å². The van der Waals surface area contributed by atoms with Crippen molar-refractivity contribution in [3.05, 3.63) is 58.3 Å². The van der Waals surface area contributed by atoms with E-state index in [1.165, 1.54) is 11.8 Å². The van der Waals surface area contributed by atoms with Gasteiger partial charge in [-0.15, -0.1) is 0 Å². The number of nitrogens with zero attached hydrogens (tertiary/aromatic N) is 4. The molecule has 2 aromatic carbocycles. The average Bonchev–Trinajstić information content (AvgIpc) is 3.34. The number of thiazole rings is 1. The highest BCUT2D eigenvalue weighted by Gasteiger charge is 2.42. The highest BCUT2D eigenvalue weighted by molar-refractivity contribution is 8.18. The van der Waals surface area contributed by atoms with E-state index >= 15 is 0 Å². The number of aromatic nitrogens is 1. The summed E-state index contributed by atoms with van der Waals surface area (Å²) >= 11 is 9.03. The van der Waals surface area contributed by atoms with Crippen LogP contribution in [0, 0.1) is 0 Å². The Morgan fingerprint density at radius 2 is 2.03 bits per heavy atom. The van der Waals surface area contributed by atoms with Gasteiger partial charge in [0.2, 0.25) is 5.88 Å². The summed E-state index contributed by atoms with van der Waals surface area (Å²) in [4.78, 5) is 22.1. The summed E-state index contributed by atoms with van der Waals surface area (Å²) in [5.74, 6) is 1.20. The van der Waals surface area contributed by atoms with Gasteiger partial charge in [0.05, 0.1) is 17.4 Å². The van der Waals surface area contributed by atoms with Crippen LogP contribution in [0.5, 0.6) is 5.75 Å². The van der Waals surface area contributed by atoms with Gasteiger partial charge in [-0.2, -0.15) is 0 Å². The molecule has 2 aliphatic rings. The van der Waals surface area contributed by atoms with Gasteiger partial charge in [-0.1, -0.05) is 23.7 Å². The third-order valence-corrected chi connectivity index (χ3v) is 7.45. The van der Waals surface area contributed by atoms with Crippen LogP contribution in [-0.2, 0) is 11.8 Å². The van der Waals surface area contributed by atoms with Gasteiger partial charge in [-0.25, -0.2) is 4.57 Å². The molecular weight excluding hydrogens is 440 g/mol. The van der Waals surface area contributed by atoms with Crippen LogP contribution >= 0.6 is 34.7 Å². The Bertz CT molecular complexity index is 1270. The topological polar surface area (TPSA) is 49.0 Å². The zero-order valence-corrected chi connectivity index (χ0v) is 18.9. The molecule has 0 atom stereocenters. The number of amidine groups is 1. The zero-order valence-electron chi connectivity index (χ0n) is 16.5. The Labute approximate surface area is 187 Å². The fraction of sp³-hybridized carbons (Fsp3) is 0.190. The number of para-hydroxylation sites is 2. The molecule has 1 fully saturated rings. The van der Waals surface area contributed by atoms with Crippen LogP contribution in [0.4, 0.5) is 10.8 Å². The summed E-state index contributed by atoms with van der Waals surface area (Å²) in [6.07, 6.45) is 0. The number of ether oxygens (including phenoxy) is 1. The van der Waals surface area contributed by atoms with Crippen molar-refractivity contribution in [2.24, 2.45) is 12.0 Å². The van der Waals surface area contributed by atoms with Crippen molar-refractivity contribution in [1.82, 2.24) is 4.90 Å². The van der Waals surface area contributed by atoms with E-state index in [2.05, 4.69) is 0 Å². The molecule has 0 unspecified atom stereocenters. The number of hydrogen-bond acceptors (Lipinski definition) is 6. The molecule has 1 aromatic heterocycles. The van der Waals surface area contributed by atoms with E-state index in [0.717, 1.165) is 26.8 Å². The first-order valence-electron chi connectivity index (χ1n) is 9.39. The second kappa shape index (κ2) is 7.30. The minimum atomic E-state index is -0.0947. The maximum Gasteiger partial charge on any atom is 0.385 e. The predicted molar refractivity (Wildman–Crippen MR) is 123 cm³/mol. The van der Waals surface area contributed by atoms with Crippen molar-refractivity contribution >= 4 is 66.8 Å². The minimum absolute atomic E-state index is 0.0947. The van der Waals surface area contributed by atoms with E-state index in [4.69, 9.17) is 21.3 Å². The normalized spacial score (nSPS) is 19.9. The lowest BCUT2D eigenvalue weighted by atomic mass is 10.3. The van der Waals surface area contributed by atoms with E-state index < -0.39 is 0 Å². The number of benzene rings is 2. The quantitative estimate of drug-likeness (QED) is 0.415. The van der Waals surface area contributed by atoms with Crippen LogP contribution in [0.25, 0.3) is 10.2 Å². The number of thioether (sulfide) groups is 1. The van der Waals surface area contributed by atoms with Gasteiger partial charge in [0.15, 0.2) is 5.75 Å². The Balaban J connectivity index is 1.57. The second-order valence-corrected chi connectivity index (χ2v) is 9.29. The zero-order chi connectivity index (χ0) is 21.0. The molecule has 2 aliphatic heterocycles. The summed E-state index contributed by atoms with van der Waals surface area (Å²) < 4.78 is 9.08. The molecule has 3 aromatic rings. The SMILES string of the molecule is CCN1C(=O)/C(=C2\Oc3ccccc3N2C)SC1=Nc1sc2cc(Cl)ccc2[n+]1C. The lowest BCUT2D eigenvalue weighted by molar-refractivity contribution is -0.627. The van der Waals surface area contributed by atoms with E-state index in [1.807, 2.05) is 73.0 Å². The fourth-order valence-electron chi connectivity index (χ4n) is 3.49. The maximum absolute atomic E-state index is 13.2. The number of carbonyl (C=O) groups excluding carboxylic acids is 1. The fourth-order valence-corrected chi connectivity index (χ4v) is 5.95. The van der Waals surface area contributed by atoms with Crippen molar-refractivity contribution in [3.63, 3.8) is 0 Å². The van der Waals surface area contributed by atoms with Gasteiger partial charge >= 0.3 is 5.13 Å². The van der Waals surface area contributed by atoms with Gasteiger partial charge in [0, 0.05) is 18.6 Å². The standard InChI is InChI=1S/C21H18ClN4O2S2/c1-4-26-18(27)17(19-24(2)13-7-5-6-8-15(13)28-19)30-21(26)23-20-25(3)14-10-9-12(22)11-16(14)29-20/h5-11H,4H2,1-3H3/q+1/b19-17+. The molecule has 5 rings (SSSR count). The van der Waals surface area contributed by atoms with Gasteiger partial charge in [-0.3, -0.25) is 9.69 Å². The van der Waals surface area contributed by atoms with Gasteiger partial charge in [0.25, 0.3) is 11.1 Å². The largest absolute Gasteiger partial charge is 0.437 e. The van der Waals surface area contributed by atoms with Crippen LogP contribution < -0.4 is 14.2 Å². The number of hydrogen-bond donors (Lipinski definition) is 0. The number of likely N-dealkylation sites (N-methyl/N-ethyl adjacent to an activating group) is 1. The third kappa shape index (κ3) is 2.98. The lowest BCUT2D eigenvalue weighted by Gasteiger charge is -2.12. The van der Waals surface area contributed by atoms with Crippen molar-refractivity contribution in [2.45, 2.75) is 6.92 Å². The first-order valence-corrected chi connectivity index (χ1v) is 11.4. The molecule has 0 N–H and O–H groups in total. The average molecular weight is 458 g/mol. The summed E-state index contributed by atoms with van der Waals surface area (Å²) in [6, 6.07) is 13.5. The molecule has 0 spiro atoms. The summed E-state index contributed by atoms with van der Waals surface area (Å²) in [6.45, 7) is 2.47. The van der Waals surface area contributed by atoms with Crippen LogP contribution in [0.2, 0.25) is 5.02 Å². The number of carbonyl (C=O) groups is 1. The van der Waals surface area contributed by atoms with Crippen molar-refractivity contribution in [1.29, 1.82) is 0 Å². The van der Waals surface area contributed by atoms with Crippen molar-refractivity contribution < 1.29 is 14.1 Å². The number of anilines is 1. The summed E-state index contributed by atoms with van der Waals surface area (Å²) in [5, 5.41) is 2.14. The first kappa shape index (κ1) is 19.4. The molecule has 0 bridgehead atoms. The molecule has 0 radical (unpaired) electrons. The van der Waals surface area contributed by atoms with E-state index in [1.54, 1.807) is 16.2 Å². The first-order chi connectivity index (χ1) is 14.5. The molecule has 6 nitrogen and oxygen atoms in total. The number of aryl methyl sites for hydroxylation is 1. The molecular formula is C21H18ClN4O2S2+. The van der Waals surface area contributed by atoms with E-state index in [-0.39, 0.29) is 5.91 Å². The Kier molecular flexibility index (Phi) is 4.72. The van der Waals surface area contributed by atoms with E-state index in [0.29, 0.717) is 27.5 Å². The van der Waals surface area contributed by atoms with Crippen LogP contribution in [0.1, 0.15) is 6.92 Å². The van der Waals surface area contributed by atoms with E-state index in [9.17, 15) is 4.79 Å². The number of amides is 1. The highest BCUT2D eigenvalue weighted by Crippen LogP contribution is 2.43. The molecule has 1 saturated heterocycles. The Morgan fingerprint density at radius 3 is 2.80 bits per heavy atom. The predicted octanol–water partition coefficient (Wildman–Crippen LogP) is 4.66. The molecule has 30 heavy (non-hydrogen) atoms. The van der Waals surface area contributed by atoms with Crippen molar-refractivity contribution in [3.8, 4) is 5.75 Å². The molecule has 3 heterocycles. The summed E-state index contributed by atoms with van der Waals surface area (Å²) in [7, 11) is 3.87. The maximum atomic E-state index is 13.2. The molecule has 0 saturated carbocycles. The lowest BCUT2D eigenvalue weighted by Crippen LogP contribution is -2.31. The monoisotopic (exact) mass is 457 g/mol. The Hall–Kier alpha value is -2.55. The Morgan fingerprint density at radius 1 is 1.23 bits per heavy atom. The number of rotatable bonds is 2. The van der Waals surface area contributed by atoms with Crippen LogP contribution in [0.3, 0.4) is 0 Å². The molecule has 1 amide bonds. The number of halogens is 1. The highest BCUT2D eigenvalue weighted by atomic mass is 35.5. The minimum Gasteiger partial charge on any atom is -0.437 e. The van der Waals surface area contributed by atoms with Gasteiger partial charge in [0.1, 0.15) is 10.4 Å².